The van der Waals surface area contributed by atoms with Gasteiger partial charge in [-0.1, -0.05) is 23.7 Å². The molecule has 3 heterocycles. The van der Waals surface area contributed by atoms with Crippen molar-refractivity contribution in [3.8, 4) is 0 Å². The Morgan fingerprint density at radius 2 is 1.84 bits per heavy atom. The van der Waals surface area contributed by atoms with Crippen molar-refractivity contribution < 1.29 is 23.2 Å². The zero-order valence-corrected chi connectivity index (χ0v) is 18.2. The van der Waals surface area contributed by atoms with Gasteiger partial charge in [-0.3, -0.25) is 9.59 Å². The van der Waals surface area contributed by atoms with E-state index in [0.29, 0.717) is 28.1 Å². The summed E-state index contributed by atoms with van der Waals surface area (Å²) in [6.07, 6.45) is 0.770. The van der Waals surface area contributed by atoms with Gasteiger partial charge in [-0.2, -0.15) is 0 Å². The fraction of sp³-hybridized carbons (Fsp3) is 0.333. The lowest BCUT2D eigenvalue weighted by molar-refractivity contribution is -0.908. The average Bonchev–Trinajstić information content (AvgIpc) is 3.08. The summed E-state index contributed by atoms with van der Waals surface area (Å²) in [4.78, 5) is 29.9. The highest BCUT2D eigenvalue weighted by molar-refractivity contribution is 6.31. The fourth-order valence-corrected chi connectivity index (χ4v) is 4.80. The number of hydrogen-bond acceptors (Lipinski definition) is 4. The Morgan fingerprint density at radius 1 is 1.09 bits per heavy atom. The smallest absolute Gasteiger partial charge is 0.290 e. The first-order valence-corrected chi connectivity index (χ1v) is 11.1. The standard InChI is InChI=1S/C24H22ClFN2O4/c25-16-4-7-19-18(14-16)22(29)20-21(15-2-5-17(26)6-3-15)28(24(30)23(20)32-19)9-1-8-27-10-12-31-13-11-27/h2-7,14,21H,1,8-13H2/p+1. The Hall–Kier alpha value is -2.74. The molecule has 5 rings (SSSR count). The first kappa shape index (κ1) is 21.1. The third-order valence-electron chi connectivity index (χ3n) is 6.24. The lowest BCUT2D eigenvalue weighted by Crippen LogP contribution is -3.14. The Bertz CT molecular complexity index is 1220. The highest BCUT2D eigenvalue weighted by atomic mass is 35.5. The number of carbonyl (C=O) groups is 1. The average molecular weight is 458 g/mol. The van der Waals surface area contributed by atoms with Crippen molar-refractivity contribution >= 4 is 28.5 Å². The molecule has 1 saturated heterocycles. The molecule has 6 nitrogen and oxygen atoms in total. The summed E-state index contributed by atoms with van der Waals surface area (Å²) >= 11 is 6.10. The highest BCUT2D eigenvalue weighted by Gasteiger charge is 2.42. The molecule has 166 valence electrons. The van der Waals surface area contributed by atoms with E-state index >= 15 is 0 Å². The fourth-order valence-electron chi connectivity index (χ4n) is 4.62. The van der Waals surface area contributed by atoms with E-state index in [9.17, 15) is 14.0 Å². The molecule has 1 amide bonds. The lowest BCUT2D eigenvalue weighted by atomic mass is 9.98. The van der Waals surface area contributed by atoms with Crippen molar-refractivity contribution in [1.82, 2.24) is 4.90 Å². The molecule has 0 spiro atoms. The van der Waals surface area contributed by atoms with Crippen LogP contribution in [0.2, 0.25) is 5.02 Å². The van der Waals surface area contributed by atoms with Crippen molar-refractivity contribution in [2.45, 2.75) is 12.5 Å². The molecule has 0 aliphatic carbocycles. The first-order chi connectivity index (χ1) is 15.5. The molecule has 0 bridgehead atoms. The van der Waals surface area contributed by atoms with Crippen molar-refractivity contribution in [2.24, 2.45) is 0 Å². The number of nitrogens with one attached hydrogen (secondary N) is 1. The summed E-state index contributed by atoms with van der Waals surface area (Å²) in [7, 11) is 0. The largest absolute Gasteiger partial charge is 0.450 e. The summed E-state index contributed by atoms with van der Waals surface area (Å²) in [5.41, 5.74) is 0.998. The third kappa shape index (κ3) is 3.81. The summed E-state index contributed by atoms with van der Waals surface area (Å²) in [6, 6.07) is 10.1. The second-order valence-electron chi connectivity index (χ2n) is 8.23. The van der Waals surface area contributed by atoms with E-state index in [1.807, 2.05) is 0 Å². The SMILES string of the molecule is O=C1c2oc3ccc(Cl)cc3c(=O)c2C(c2ccc(F)cc2)N1CCC[NH+]1CCOCC1. The van der Waals surface area contributed by atoms with Crippen molar-refractivity contribution in [2.75, 3.05) is 39.4 Å². The van der Waals surface area contributed by atoms with Gasteiger partial charge in [0.1, 0.15) is 24.5 Å². The van der Waals surface area contributed by atoms with Crippen molar-refractivity contribution in [1.29, 1.82) is 0 Å². The number of benzene rings is 2. The molecule has 3 aromatic rings. The second-order valence-corrected chi connectivity index (χ2v) is 8.67. The van der Waals surface area contributed by atoms with Crippen LogP contribution >= 0.6 is 11.6 Å². The summed E-state index contributed by atoms with van der Waals surface area (Å²) in [5, 5.41) is 0.744. The van der Waals surface area contributed by atoms with Crippen LogP contribution < -0.4 is 10.3 Å². The van der Waals surface area contributed by atoms with E-state index in [4.69, 9.17) is 20.8 Å². The number of fused-ring (bicyclic) bond motifs is 2. The van der Waals surface area contributed by atoms with E-state index in [0.717, 1.165) is 39.3 Å². The number of hydrogen-bond donors (Lipinski definition) is 1. The van der Waals surface area contributed by atoms with Gasteiger partial charge in [0.15, 0.2) is 5.43 Å². The minimum atomic E-state index is -0.627. The van der Waals surface area contributed by atoms with E-state index in [1.54, 1.807) is 35.2 Å². The van der Waals surface area contributed by atoms with Gasteiger partial charge in [0.05, 0.1) is 36.8 Å². The van der Waals surface area contributed by atoms with Crippen LogP contribution in [0.1, 0.15) is 34.1 Å². The maximum atomic E-state index is 13.6. The second kappa shape index (κ2) is 8.65. The predicted molar refractivity (Wildman–Crippen MR) is 118 cm³/mol. The number of amides is 1. The van der Waals surface area contributed by atoms with Crippen LogP contribution in [0, 0.1) is 5.82 Å². The number of quaternary nitrogens is 1. The van der Waals surface area contributed by atoms with Crippen LogP contribution in [0.5, 0.6) is 0 Å². The van der Waals surface area contributed by atoms with Crippen molar-refractivity contribution in [3.05, 3.63) is 80.4 Å². The molecular formula is C24H23ClFN2O4+. The maximum absolute atomic E-state index is 13.6. The van der Waals surface area contributed by atoms with Gasteiger partial charge in [0.2, 0.25) is 5.76 Å². The quantitative estimate of drug-likeness (QED) is 0.639. The number of carbonyl (C=O) groups excluding carboxylic acids is 1. The minimum absolute atomic E-state index is 0.0536. The minimum Gasteiger partial charge on any atom is -0.450 e. The van der Waals surface area contributed by atoms with E-state index < -0.39 is 6.04 Å². The predicted octanol–water partition coefficient (Wildman–Crippen LogP) is 2.44. The van der Waals surface area contributed by atoms with E-state index in [1.165, 1.54) is 17.0 Å². The van der Waals surface area contributed by atoms with Crippen LogP contribution in [0.4, 0.5) is 4.39 Å². The number of ether oxygens (including phenoxy) is 1. The van der Waals surface area contributed by atoms with Gasteiger partial charge in [-0.25, -0.2) is 4.39 Å². The van der Waals surface area contributed by atoms with Gasteiger partial charge >= 0.3 is 0 Å². The van der Waals surface area contributed by atoms with Gasteiger partial charge in [0, 0.05) is 18.0 Å². The zero-order valence-electron chi connectivity index (χ0n) is 17.4. The molecule has 2 aliphatic rings. The van der Waals surface area contributed by atoms with Crippen LogP contribution in [0.15, 0.2) is 51.7 Å². The Balaban J connectivity index is 1.53. The molecule has 1 aromatic heterocycles. The van der Waals surface area contributed by atoms with E-state index in [-0.39, 0.29) is 28.5 Å². The Morgan fingerprint density at radius 3 is 2.59 bits per heavy atom. The summed E-state index contributed by atoms with van der Waals surface area (Å²) in [6.45, 7) is 4.75. The molecule has 0 radical (unpaired) electrons. The number of rotatable bonds is 5. The monoisotopic (exact) mass is 457 g/mol. The lowest BCUT2D eigenvalue weighted by Gasteiger charge is -2.27. The number of nitrogens with zero attached hydrogens (tertiary/aromatic N) is 1. The van der Waals surface area contributed by atoms with Crippen LogP contribution in [-0.4, -0.2) is 50.2 Å². The van der Waals surface area contributed by atoms with Gasteiger partial charge in [0.25, 0.3) is 5.91 Å². The molecule has 0 saturated carbocycles. The molecular weight excluding hydrogens is 435 g/mol. The molecule has 1 fully saturated rings. The summed E-state index contributed by atoms with van der Waals surface area (Å²) in [5.74, 6) is -0.642. The molecule has 32 heavy (non-hydrogen) atoms. The molecule has 2 aromatic carbocycles. The normalized spacial score (nSPS) is 19.0. The molecule has 2 aliphatic heterocycles. The first-order valence-electron chi connectivity index (χ1n) is 10.8. The van der Waals surface area contributed by atoms with Crippen LogP contribution in [-0.2, 0) is 4.74 Å². The number of morpholine rings is 1. The molecule has 1 atom stereocenters. The molecule has 1 unspecified atom stereocenters. The zero-order chi connectivity index (χ0) is 22.2. The van der Waals surface area contributed by atoms with Crippen LogP contribution in [0.3, 0.4) is 0 Å². The Kier molecular flexibility index (Phi) is 5.71. The summed E-state index contributed by atoms with van der Waals surface area (Å²) < 4.78 is 24.9. The maximum Gasteiger partial charge on any atom is 0.290 e. The molecule has 8 heteroatoms. The van der Waals surface area contributed by atoms with E-state index in [2.05, 4.69) is 0 Å². The highest BCUT2D eigenvalue weighted by Crippen LogP contribution is 2.38. The number of halogens is 2. The van der Waals surface area contributed by atoms with Gasteiger partial charge < -0.3 is 19.0 Å². The Labute approximate surface area is 189 Å². The van der Waals surface area contributed by atoms with Gasteiger partial charge in [-0.05, 0) is 35.9 Å². The molecule has 1 N–H and O–H groups in total. The third-order valence-corrected chi connectivity index (χ3v) is 6.48. The van der Waals surface area contributed by atoms with Gasteiger partial charge in [-0.15, -0.1) is 0 Å². The van der Waals surface area contributed by atoms with Crippen LogP contribution in [0.25, 0.3) is 11.0 Å². The topological polar surface area (TPSA) is 64.2 Å². The van der Waals surface area contributed by atoms with Crippen molar-refractivity contribution in [3.63, 3.8) is 0 Å².